The van der Waals surface area contributed by atoms with Gasteiger partial charge in [-0.3, -0.25) is 10.1 Å². The van der Waals surface area contributed by atoms with Crippen LogP contribution in [0.4, 0.5) is 11.4 Å². The quantitative estimate of drug-likeness (QED) is 0.615. The summed E-state index contributed by atoms with van der Waals surface area (Å²) < 4.78 is 23.1. The molecule has 0 atom stereocenters. The number of nitrogens with zero attached hydrogens (tertiary/aromatic N) is 2. The van der Waals surface area contributed by atoms with Crippen LogP contribution in [-0.2, 0) is 9.84 Å². The Hall–Kier alpha value is -1.63. The molecule has 18 heavy (non-hydrogen) atoms. The molecule has 6 nitrogen and oxygen atoms in total. The van der Waals surface area contributed by atoms with Gasteiger partial charge in [0.25, 0.3) is 5.69 Å². The van der Waals surface area contributed by atoms with Gasteiger partial charge in [-0.2, -0.15) is 0 Å². The molecule has 2 rings (SSSR count). The molecular weight excluding hydrogens is 256 g/mol. The maximum Gasteiger partial charge on any atom is 0.272 e. The Balaban J connectivity index is 2.52. The summed E-state index contributed by atoms with van der Waals surface area (Å²) in [6.07, 6.45) is 3.10. The van der Waals surface area contributed by atoms with Crippen LogP contribution in [0.15, 0.2) is 23.1 Å². The van der Waals surface area contributed by atoms with Crippen LogP contribution < -0.4 is 4.90 Å². The highest BCUT2D eigenvalue weighted by atomic mass is 32.2. The molecule has 0 saturated carbocycles. The molecule has 0 amide bonds. The van der Waals surface area contributed by atoms with Gasteiger partial charge in [-0.25, -0.2) is 8.42 Å². The highest BCUT2D eigenvalue weighted by molar-refractivity contribution is 7.90. The minimum absolute atomic E-state index is 0.00130. The first-order valence-electron chi connectivity index (χ1n) is 5.62. The van der Waals surface area contributed by atoms with E-state index in [4.69, 9.17) is 0 Å². The molecule has 0 N–H and O–H groups in total. The van der Waals surface area contributed by atoms with Crippen LogP contribution in [0.2, 0.25) is 0 Å². The first-order valence-corrected chi connectivity index (χ1v) is 7.51. The maximum absolute atomic E-state index is 11.5. The van der Waals surface area contributed by atoms with E-state index >= 15 is 0 Å². The lowest BCUT2D eigenvalue weighted by Gasteiger charge is -2.17. The molecule has 98 valence electrons. The third-order valence-corrected chi connectivity index (χ3v) is 4.08. The van der Waals surface area contributed by atoms with Gasteiger partial charge in [-0.1, -0.05) is 0 Å². The lowest BCUT2D eigenvalue weighted by atomic mass is 10.2. The van der Waals surface area contributed by atoms with Crippen LogP contribution in [0.5, 0.6) is 0 Å². The summed E-state index contributed by atoms with van der Waals surface area (Å²) in [5.41, 5.74) is 0.432. The maximum atomic E-state index is 11.5. The van der Waals surface area contributed by atoms with Crippen molar-refractivity contribution in [1.82, 2.24) is 0 Å². The van der Waals surface area contributed by atoms with Crippen LogP contribution in [0.25, 0.3) is 0 Å². The van der Waals surface area contributed by atoms with Crippen molar-refractivity contribution in [3.8, 4) is 0 Å². The van der Waals surface area contributed by atoms with Crippen LogP contribution >= 0.6 is 0 Å². The largest absolute Gasteiger partial charge is 0.371 e. The summed E-state index contributed by atoms with van der Waals surface area (Å²) in [5.74, 6) is 0. The van der Waals surface area contributed by atoms with E-state index in [0.717, 1.165) is 38.3 Å². The number of sulfone groups is 1. The van der Waals surface area contributed by atoms with Gasteiger partial charge in [0, 0.05) is 37.2 Å². The monoisotopic (exact) mass is 270 g/mol. The van der Waals surface area contributed by atoms with Gasteiger partial charge in [-0.05, 0) is 18.9 Å². The van der Waals surface area contributed by atoms with Crippen LogP contribution in [0, 0.1) is 10.1 Å². The highest BCUT2D eigenvalue weighted by Crippen LogP contribution is 2.28. The van der Waals surface area contributed by atoms with E-state index in [0.29, 0.717) is 5.69 Å². The van der Waals surface area contributed by atoms with Crippen molar-refractivity contribution in [2.75, 3.05) is 24.2 Å². The van der Waals surface area contributed by atoms with E-state index in [1.165, 1.54) is 12.1 Å². The molecule has 1 aliphatic rings. The Morgan fingerprint density at radius 1 is 1.22 bits per heavy atom. The lowest BCUT2D eigenvalue weighted by molar-refractivity contribution is -0.385. The Morgan fingerprint density at radius 3 is 2.33 bits per heavy atom. The number of anilines is 1. The number of benzene rings is 1. The lowest BCUT2D eigenvalue weighted by Crippen LogP contribution is -2.18. The zero-order valence-corrected chi connectivity index (χ0v) is 10.8. The molecule has 1 heterocycles. The fraction of sp³-hybridized carbons (Fsp3) is 0.455. The average Bonchev–Trinajstić information content (AvgIpc) is 2.80. The summed E-state index contributed by atoms with van der Waals surface area (Å²) in [6.45, 7) is 1.62. The molecule has 1 aromatic carbocycles. The van der Waals surface area contributed by atoms with Crippen molar-refractivity contribution >= 4 is 21.2 Å². The highest BCUT2D eigenvalue weighted by Gasteiger charge is 2.20. The molecule has 0 bridgehead atoms. The van der Waals surface area contributed by atoms with Crippen molar-refractivity contribution in [1.29, 1.82) is 0 Å². The van der Waals surface area contributed by atoms with Gasteiger partial charge in [0.2, 0.25) is 0 Å². The van der Waals surface area contributed by atoms with Crippen LogP contribution in [-0.4, -0.2) is 32.7 Å². The molecule has 1 fully saturated rings. The SMILES string of the molecule is CS(=O)(=O)c1cc(N2CCCC2)cc([N+](=O)[O-])c1. The zero-order valence-electron chi connectivity index (χ0n) is 10.00. The number of hydrogen-bond acceptors (Lipinski definition) is 5. The summed E-state index contributed by atoms with van der Waals surface area (Å²) in [7, 11) is -3.44. The van der Waals surface area contributed by atoms with Gasteiger partial charge in [-0.15, -0.1) is 0 Å². The second-order valence-corrected chi connectivity index (χ2v) is 6.42. The standard InChI is InChI=1S/C11H14N2O4S/c1-18(16,17)11-7-9(12-4-2-3-5-12)6-10(8-11)13(14)15/h6-8H,2-5H2,1H3. The molecule has 0 radical (unpaired) electrons. The van der Waals surface area contributed by atoms with E-state index in [9.17, 15) is 18.5 Å². The topological polar surface area (TPSA) is 80.5 Å². The molecule has 0 aliphatic carbocycles. The minimum atomic E-state index is -3.44. The number of nitro groups is 1. The second kappa shape index (κ2) is 4.56. The van der Waals surface area contributed by atoms with E-state index < -0.39 is 14.8 Å². The van der Waals surface area contributed by atoms with E-state index in [-0.39, 0.29) is 10.6 Å². The smallest absolute Gasteiger partial charge is 0.272 e. The number of hydrogen-bond donors (Lipinski definition) is 0. The molecule has 0 aromatic heterocycles. The molecule has 1 saturated heterocycles. The second-order valence-electron chi connectivity index (χ2n) is 4.41. The van der Waals surface area contributed by atoms with Crippen molar-refractivity contribution in [2.24, 2.45) is 0 Å². The number of rotatable bonds is 3. The minimum Gasteiger partial charge on any atom is -0.371 e. The van der Waals surface area contributed by atoms with E-state index in [2.05, 4.69) is 0 Å². The average molecular weight is 270 g/mol. The van der Waals surface area contributed by atoms with Gasteiger partial charge >= 0.3 is 0 Å². The molecule has 0 spiro atoms. The predicted octanol–water partition coefficient (Wildman–Crippen LogP) is 1.60. The fourth-order valence-electron chi connectivity index (χ4n) is 2.05. The third kappa shape index (κ3) is 2.61. The molecular formula is C11H14N2O4S. The Kier molecular flexibility index (Phi) is 3.25. The van der Waals surface area contributed by atoms with Gasteiger partial charge in [0.05, 0.1) is 9.82 Å². The zero-order chi connectivity index (χ0) is 13.3. The Labute approximate surface area is 105 Å². The van der Waals surface area contributed by atoms with Crippen molar-refractivity contribution in [3.05, 3.63) is 28.3 Å². The Bertz CT molecular complexity index is 577. The first kappa shape index (κ1) is 12.8. The van der Waals surface area contributed by atoms with Gasteiger partial charge in [0.15, 0.2) is 9.84 Å². The third-order valence-electron chi connectivity index (χ3n) is 2.99. The van der Waals surface area contributed by atoms with Crippen LogP contribution in [0.1, 0.15) is 12.8 Å². The van der Waals surface area contributed by atoms with Gasteiger partial charge < -0.3 is 4.90 Å². The van der Waals surface area contributed by atoms with E-state index in [1.54, 1.807) is 0 Å². The Morgan fingerprint density at radius 2 is 1.83 bits per heavy atom. The number of nitro benzene ring substituents is 1. The van der Waals surface area contributed by atoms with Gasteiger partial charge in [0.1, 0.15) is 0 Å². The summed E-state index contributed by atoms with van der Waals surface area (Å²) >= 11 is 0. The molecule has 1 aliphatic heterocycles. The summed E-state index contributed by atoms with van der Waals surface area (Å²) in [6, 6.07) is 4.04. The molecule has 1 aromatic rings. The van der Waals surface area contributed by atoms with Crippen LogP contribution in [0.3, 0.4) is 0 Å². The first-order chi connectivity index (χ1) is 8.38. The van der Waals surface area contributed by atoms with Crippen molar-refractivity contribution in [3.63, 3.8) is 0 Å². The number of non-ortho nitro benzene ring substituents is 1. The van der Waals surface area contributed by atoms with E-state index in [1.807, 2.05) is 4.90 Å². The molecule has 0 unspecified atom stereocenters. The normalized spacial score (nSPS) is 15.9. The summed E-state index contributed by atoms with van der Waals surface area (Å²) in [5, 5.41) is 10.8. The molecule has 7 heteroatoms. The van der Waals surface area contributed by atoms with Crippen molar-refractivity contribution < 1.29 is 13.3 Å². The summed E-state index contributed by atoms with van der Waals surface area (Å²) in [4.78, 5) is 12.3. The predicted molar refractivity (Wildman–Crippen MR) is 67.7 cm³/mol. The fourth-order valence-corrected chi connectivity index (χ4v) is 2.72. The van der Waals surface area contributed by atoms with Crippen molar-refractivity contribution in [2.45, 2.75) is 17.7 Å².